The largest absolute Gasteiger partial charge is 0.326 e. The molecular weight excluding hydrogens is 232 g/mol. The molecule has 1 aliphatic heterocycles. The smallest absolute Gasteiger partial charge is 0.0602 e. The van der Waals surface area contributed by atoms with Crippen molar-refractivity contribution in [1.29, 1.82) is 0 Å². The Balaban J connectivity index is 1.38. The van der Waals surface area contributed by atoms with Gasteiger partial charge in [-0.25, -0.2) is 0 Å². The van der Waals surface area contributed by atoms with E-state index in [1.165, 1.54) is 25.7 Å². The van der Waals surface area contributed by atoms with Crippen LogP contribution in [-0.4, -0.2) is 30.6 Å². The van der Waals surface area contributed by atoms with E-state index in [0.717, 1.165) is 55.6 Å². The average Bonchev–Trinajstić information content (AvgIpc) is 2.78. The summed E-state index contributed by atoms with van der Waals surface area (Å²) in [7, 11) is 0. The summed E-state index contributed by atoms with van der Waals surface area (Å²) < 4.78 is 0. The average molecular weight is 258 g/mol. The van der Waals surface area contributed by atoms with Crippen LogP contribution >= 0.6 is 0 Å². The molecule has 4 bridgehead atoms. The van der Waals surface area contributed by atoms with Crippen LogP contribution in [0.4, 0.5) is 0 Å². The number of nitrogens with zero attached hydrogens (tertiary/aromatic N) is 1. The molecule has 2 nitrogen and oxygen atoms in total. The van der Waals surface area contributed by atoms with E-state index in [1.54, 1.807) is 6.42 Å². The molecule has 2 heteroatoms. The lowest BCUT2D eigenvalue weighted by Crippen LogP contribution is -2.44. The predicted octanol–water partition coefficient (Wildman–Crippen LogP) is 2.10. The van der Waals surface area contributed by atoms with Crippen molar-refractivity contribution < 1.29 is 0 Å². The molecular formula is C17H26N2. The lowest BCUT2D eigenvalue weighted by molar-refractivity contribution is -0.0123. The molecule has 0 spiro atoms. The molecule has 104 valence electrons. The lowest BCUT2D eigenvalue weighted by Gasteiger charge is -2.53. The summed E-state index contributed by atoms with van der Waals surface area (Å²) in [5.74, 6) is 11.9. The fourth-order valence-electron chi connectivity index (χ4n) is 5.44. The molecule has 0 aromatic carbocycles. The van der Waals surface area contributed by atoms with Gasteiger partial charge in [-0.1, -0.05) is 11.8 Å². The van der Waals surface area contributed by atoms with Crippen molar-refractivity contribution in [3.05, 3.63) is 0 Å². The Kier molecular flexibility index (Phi) is 3.09. The molecule has 1 saturated heterocycles. The van der Waals surface area contributed by atoms with Gasteiger partial charge in [-0.3, -0.25) is 4.90 Å². The van der Waals surface area contributed by atoms with Gasteiger partial charge < -0.3 is 5.73 Å². The minimum Gasteiger partial charge on any atom is -0.326 e. The van der Waals surface area contributed by atoms with E-state index < -0.39 is 0 Å². The molecule has 19 heavy (non-hydrogen) atoms. The summed E-state index contributed by atoms with van der Waals surface area (Å²) in [6.45, 7) is 3.16. The molecule has 0 radical (unpaired) electrons. The molecule has 1 atom stereocenters. The van der Waals surface area contributed by atoms with Gasteiger partial charge in [0.15, 0.2) is 0 Å². The van der Waals surface area contributed by atoms with Crippen LogP contribution in [0.2, 0.25) is 0 Å². The number of hydrogen-bond acceptors (Lipinski definition) is 2. The maximum absolute atomic E-state index is 5.94. The van der Waals surface area contributed by atoms with Gasteiger partial charge in [-0.05, 0) is 62.2 Å². The Morgan fingerprint density at radius 1 is 1.00 bits per heavy atom. The standard InChI is InChI=1S/C17H26N2/c18-16-3-5-19(11-16)4-1-2-17-14-7-12-6-13(9-14)10-15(17)8-12/h12-17H,3-11,18H2. The molecule has 0 aromatic heterocycles. The summed E-state index contributed by atoms with van der Waals surface area (Å²) in [6.07, 6.45) is 8.64. The highest BCUT2D eigenvalue weighted by molar-refractivity contribution is 5.14. The highest BCUT2D eigenvalue weighted by Gasteiger charge is 2.47. The van der Waals surface area contributed by atoms with Crippen LogP contribution in [0.25, 0.3) is 0 Å². The highest BCUT2D eigenvalue weighted by Crippen LogP contribution is 2.56. The van der Waals surface area contributed by atoms with E-state index in [2.05, 4.69) is 16.7 Å². The molecule has 0 amide bonds. The first-order valence-electron chi connectivity index (χ1n) is 8.24. The summed E-state index contributed by atoms with van der Waals surface area (Å²) >= 11 is 0. The second-order valence-corrected chi connectivity index (χ2v) is 7.56. The zero-order chi connectivity index (χ0) is 12.8. The summed E-state index contributed by atoms with van der Waals surface area (Å²) in [5, 5.41) is 0. The number of likely N-dealkylation sites (tertiary alicyclic amines) is 1. The van der Waals surface area contributed by atoms with Gasteiger partial charge in [0.25, 0.3) is 0 Å². The molecule has 2 N–H and O–H groups in total. The van der Waals surface area contributed by atoms with Gasteiger partial charge in [0, 0.05) is 25.0 Å². The van der Waals surface area contributed by atoms with Crippen molar-refractivity contribution in [2.45, 2.75) is 44.6 Å². The molecule has 5 rings (SSSR count). The normalized spacial score (nSPS) is 48.3. The molecule has 4 saturated carbocycles. The third kappa shape index (κ3) is 2.32. The summed E-state index contributed by atoms with van der Waals surface area (Å²) in [4.78, 5) is 2.42. The van der Waals surface area contributed by atoms with E-state index in [1.807, 2.05) is 0 Å². The van der Waals surface area contributed by atoms with Gasteiger partial charge in [0.05, 0.1) is 6.54 Å². The van der Waals surface area contributed by atoms with Crippen LogP contribution < -0.4 is 5.73 Å². The molecule has 5 fully saturated rings. The Hall–Kier alpha value is -0.520. The van der Waals surface area contributed by atoms with Gasteiger partial charge >= 0.3 is 0 Å². The number of rotatable bonds is 1. The van der Waals surface area contributed by atoms with Crippen LogP contribution in [0.5, 0.6) is 0 Å². The van der Waals surface area contributed by atoms with E-state index in [0.29, 0.717) is 6.04 Å². The van der Waals surface area contributed by atoms with E-state index in [-0.39, 0.29) is 0 Å². The molecule has 5 aliphatic rings. The van der Waals surface area contributed by atoms with Crippen molar-refractivity contribution >= 4 is 0 Å². The van der Waals surface area contributed by atoms with Crippen LogP contribution in [0.1, 0.15) is 38.5 Å². The van der Waals surface area contributed by atoms with Crippen LogP contribution in [-0.2, 0) is 0 Å². The number of hydrogen-bond donors (Lipinski definition) is 1. The fourth-order valence-corrected chi connectivity index (χ4v) is 5.44. The van der Waals surface area contributed by atoms with Crippen molar-refractivity contribution in [1.82, 2.24) is 4.90 Å². The highest BCUT2D eigenvalue weighted by atomic mass is 15.2. The zero-order valence-corrected chi connectivity index (χ0v) is 11.9. The van der Waals surface area contributed by atoms with Crippen LogP contribution in [0.15, 0.2) is 0 Å². The SMILES string of the molecule is NC1CCN(CC#CC2C3CC4CC(C3)CC2C4)C1. The first kappa shape index (κ1) is 12.2. The van der Waals surface area contributed by atoms with Gasteiger partial charge in [-0.2, -0.15) is 0 Å². The number of nitrogens with two attached hydrogens (primary N) is 1. The van der Waals surface area contributed by atoms with Crippen LogP contribution in [0, 0.1) is 41.4 Å². The van der Waals surface area contributed by atoms with Gasteiger partial charge in [0.1, 0.15) is 0 Å². The topological polar surface area (TPSA) is 29.3 Å². The molecule has 1 unspecified atom stereocenters. The van der Waals surface area contributed by atoms with Gasteiger partial charge in [0.2, 0.25) is 0 Å². The maximum Gasteiger partial charge on any atom is 0.0602 e. The molecule has 4 aliphatic carbocycles. The Morgan fingerprint density at radius 2 is 1.68 bits per heavy atom. The zero-order valence-electron chi connectivity index (χ0n) is 11.9. The minimum atomic E-state index is 0.392. The first-order chi connectivity index (χ1) is 9.28. The Labute approximate surface area is 117 Å². The summed E-state index contributed by atoms with van der Waals surface area (Å²) in [5.41, 5.74) is 5.94. The monoisotopic (exact) mass is 258 g/mol. The van der Waals surface area contributed by atoms with E-state index in [4.69, 9.17) is 5.73 Å². The first-order valence-corrected chi connectivity index (χ1v) is 8.24. The van der Waals surface area contributed by atoms with Gasteiger partial charge in [-0.15, -0.1) is 0 Å². The quantitative estimate of drug-likeness (QED) is 0.730. The van der Waals surface area contributed by atoms with Crippen LogP contribution in [0.3, 0.4) is 0 Å². The van der Waals surface area contributed by atoms with Crippen molar-refractivity contribution in [3.8, 4) is 11.8 Å². The summed E-state index contributed by atoms with van der Waals surface area (Å²) in [6, 6.07) is 0.392. The second kappa shape index (κ2) is 4.79. The Bertz CT molecular complexity index is 377. The second-order valence-electron chi connectivity index (χ2n) is 7.56. The fraction of sp³-hybridized carbons (Fsp3) is 0.882. The van der Waals surface area contributed by atoms with Crippen molar-refractivity contribution in [2.75, 3.05) is 19.6 Å². The van der Waals surface area contributed by atoms with E-state index in [9.17, 15) is 0 Å². The lowest BCUT2D eigenvalue weighted by atomic mass is 9.52. The third-order valence-electron chi connectivity index (χ3n) is 6.11. The third-order valence-corrected chi connectivity index (χ3v) is 6.11. The molecule has 0 aromatic rings. The van der Waals surface area contributed by atoms with Crippen molar-refractivity contribution in [2.24, 2.45) is 35.3 Å². The minimum absolute atomic E-state index is 0.392. The Morgan fingerprint density at radius 3 is 2.26 bits per heavy atom. The maximum atomic E-state index is 5.94. The van der Waals surface area contributed by atoms with E-state index >= 15 is 0 Å². The predicted molar refractivity (Wildman–Crippen MR) is 77.3 cm³/mol. The molecule has 1 heterocycles. The van der Waals surface area contributed by atoms with Crippen molar-refractivity contribution in [3.63, 3.8) is 0 Å².